The van der Waals surface area contributed by atoms with Gasteiger partial charge in [0, 0.05) is 6.61 Å². The Balaban J connectivity index is 3.08. The fourth-order valence-electron chi connectivity index (χ4n) is 0.459. The van der Waals surface area contributed by atoms with E-state index in [-0.39, 0.29) is 6.61 Å². The van der Waals surface area contributed by atoms with Crippen LogP contribution in [0, 0.1) is 0 Å². The lowest BCUT2D eigenvalue weighted by Crippen LogP contribution is -2.12. The molecule has 0 amide bonds. The maximum atomic E-state index is 10.5. The Kier molecular flexibility index (Phi) is 7.73. The molecule has 0 unspecified atom stereocenters. The Hall–Kier alpha value is -0.810. The van der Waals surface area contributed by atoms with E-state index in [2.05, 4.69) is 14.5 Å². The Bertz CT molecular complexity index is 114. The minimum absolute atomic E-state index is 0.180. The lowest BCUT2D eigenvalue weighted by atomic mass is 10.7. The Morgan fingerprint density at radius 3 is 2.50 bits per heavy atom. The first-order valence-corrected chi connectivity index (χ1v) is 3.85. The van der Waals surface area contributed by atoms with Crippen molar-refractivity contribution < 1.29 is 24.0 Å². The minimum Gasteiger partial charge on any atom is -0.430 e. The quantitative estimate of drug-likeness (QED) is 0.264. The molecule has 0 saturated carbocycles. The molecular formula is C7H14O5. The third-order valence-corrected chi connectivity index (χ3v) is 0.897. The molecule has 0 radical (unpaired) electrons. The van der Waals surface area contributed by atoms with Crippen LogP contribution >= 0.6 is 0 Å². The van der Waals surface area contributed by atoms with Crippen LogP contribution in [0.5, 0.6) is 0 Å². The molecule has 0 spiro atoms. The van der Waals surface area contributed by atoms with Crippen LogP contribution in [-0.4, -0.2) is 32.6 Å². The van der Waals surface area contributed by atoms with Gasteiger partial charge >= 0.3 is 6.16 Å². The zero-order chi connectivity index (χ0) is 9.23. The van der Waals surface area contributed by atoms with Crippen LogP contribution in [-0.2, 0) is 19.2 Å². The molecule has 0 aromatic heterocycles. The SMILES string of the molecule is CCOCCOC(=O)OOCC. The average Bonchev–Trinajstić information content (AvgIpc) is 2.09. The van der Waals surface area contributed by atoms with Gasteiger partial charge in [0.25, 0.3) is 0 Å². The highest BCUT2D eigenvalue weighted by Gasteiger charge is 2.02. The smallest absolute Gasteiger partial charge is 0.430 e. The number of hydrogen-bond donors (Lipinski definition) is 0. The van der Waals surface area contributed by atoms with Crippen molar-refractivity contribution in [2.24, 2.45) is 0 Å². The van der Waals surface area contributed by atoms with Gasteiger partial charge in [0.15, 0.2) is 0 Å². The van der Waals surface area contributed by atoms with Crippen molar-refractivity contribution in [3.05, 3.63) is 0 Å². The van der Waals surface area contributed by atoms with Crippen molar-refractivity contribution in [1.82, 2.24) is 0 Å². The van der Waals surface area contributed by atoms with Gasteiger partial charge in [-0.15, -0.1) is 0 Å². The van der Waals surface area contributed by atoms with Gasteiger partial charge in [-0.2, -0.15) is 4.89 Å². The molecule has 0 aliphatic rings. The van der Waals surface area contributed by atoms with Crippen LogP contribution in [0.4, 0.5) is 4.79 Å². The fourth-order valence-corrected chi connectivity index (χ4v) is 0.459. The van der Waals surface area contributed by atoms with E-state index in [4.69, 9.17) is 4.74 Å². The molecule has 0 bridgehead atoms. The normalized spacial score (nSPS) is 9.50. The second-order valence-corrected chi connectivity index (χ2v) is 1.79. The summed E-state index contributed by atoms with van der Waals surface area (Å²) in [4.78, 5) is 19.0. The fraction of sp³-hybridized carbons (Fsp3) is 0.857. The summed E-state index contributed by atoms with van der Waals surface area (Å²) < 4.78 is 9.45. The molecule has 0 heterocycles. The van der Waals surface area contributed by atoms with E-state index in [0.717, 1.165) is 0 Å². The first kappa shape index (κ1) is 11.2. The molecule has 0 aliphatic heterocycles. The summed E-state index contributed by atoms with van der Waals surface area (Å²) >= 11 is 0. The third-order valence-electron chi connectivity index (χ3n) is 0.897. The van der Waals surface area contributed by atoms with E-state index < -0.39 is 6.16 Å². The van der Waals surface area contributed by atoms with Crippen LogP contribution in [0.2, 0.25) is 0 Å². The molecule has 72 valence electrons. The maximum absolute atomic E-state index is 10.5. The van der Waals surface area contributed by atoms with Gasteiger partial charge in [-0.05, 0) is 13.8 Å². The molecule has 0 atom stereocenters. The molecule has 0 fully saturated rings. The molecule has 12 heavy (non-hydrogen) atoms. The summed E-state index contributed by atoms with van der Waals surface area (Å²) in [5.74, 6) is 0. The standard InChI is InChI=1S/C7H14O5/c1-3-9-5-6-10-7(8)12-11-4-2/h3-6H2,1-2H3. The molecule has 0 saturated heterocycles. The van der Waals surface area contributed by atoms with Gasteiger partial charge in [-0.3, -0.25) is 4.89 Å². The molecule has 5 heteroatoms. The number of hydrogen-bond acceptors (Lipinski definition) is 5. The Morgan fingerprint density at radius 2 is 1.92 bits per heavy atom. The second kappa shape index (κ2) is 8.29. The van der Waals surface area contributed by atoms with E-state index in [1.165, 1.54) is 0 Å². The predicted molar refractivity (Wildman–Crippen MR) is 40.6 cm³/mol. The highest BCUT2D eigenvalue weighted by atomic mass is 17.2. The van der Waals surface area contributed by atoms with E-state index in [9.17, 15) is 4.79 Å². The van der Waals surface area contributed by atoms with E-state index in [1.54, 1.807) is 6.92 Å². The summed E-state index contributed by atoms with van der Waals surface area (Å²) in [5, 5.41) is 0. The number of rotatable bonds is 6. The largest absolute Gasteiger partial charge is 0.540 e. The minimum atomic E-state index is -0.837. The maximum Gasteiger partial charge on any atom is 0.540 e. The predicted octanol–water partition coefficient (Wildman–Crippen LogP) is 1.13. The van der Waals surface area contributed by atoms with Crippen LogP contribution in [0.1, 0.15) is 13.8 Å². The van der Waals surface area contributed by atoms with Gasteiger partial charge in [-0.1, -0.05) is 0 Å². The van der Waals surface area contributed by atoms with E-state index in [0.29, 0.717) is 19.8 Å². The second-order valence-electron chi connectivity index (χ2n) is 1.79. The van der Waals surface area contributed by atoms with Crippen molar-refractivity contribution in [3.63, 3.8) is 0 Å². The molecular weight excluding hydrogens is 164 g/mol. The van der Waals surface area contributed by atoms with Gasteiger partial charge in [0.1, 0.15) is 6.61 Å². The molecule has 0 aromatic rings. The molecule has 5 nitrogen and oxygen atoms in total. The first-order valence-electron chi connectivity index (χ1n) is 3.85. The summed E-state index contributed by atoms with van der Waals surface area (Å²) in [7, 11) is 0. The third kappa shape index (κ3) is 7.30. The average molecular weight is 178 g/mol. The van der Waals surface area contributed by atoms with Crippen molar-refractivity contribution in [2.45, 2.75) is 13.8 Å². The molecule has 0 rings (SSSR count). The van der Waals surface area contributed by atoms with Crippen molar-refractivity contribution >= 4 is 6.16 Å². The zero-order valence-corrected chi connectivity index (χ0v) is 7.37. The molecule has 0 aromatic carbocycles. The van der Waals surface area contributed by atoms with Gasteiger partial charge < -0.3 is 9.47 Å². The lowest BCUT2D eigenvalue weighted by molar-refractivity contribution is -0.251. The monoisotopic (exact) mass is 178 g/mol. The summed E-state index contributed by atoms with van der Waals surface area (Å²) in [6.07, 6.45) is -0.837. The van der Waals surface area contributed by atoms with E-state index >= 15 is 0 Å². The van der Waals surface area contributed by atoms with Crippen LogP contribution in [0.25, 0.3) is 0 Å². The van der Waals surface area contributed by atoms with Gasteiger partial charge in [0.2, 0.25) is 0 Å². The van der Waals surface area contributed by atoms with Crippen LogP contribution in [0.3, 0.4) is 0 Å². The van der Waals surface area contributed by atoms with Crippen molar-refractivity contribution in [1.29, 1.82) is 0 Å². The first-order chi connectivity index (χ1) is 5.81. The highest BCUT2D eigenvalue weighted by Crippen LogP contribution is 1.86. The number of carbonyl (C=O) groups is 1. The van der Waals surface area contributed by atoms with Crippen LogP contribution in [0.15, 0.2) is 0 Å². The zero-order valence-electron chi connectivity index (χ0n) is 7.37. The number of ether oxygens (including phenoxy) is 2. The Morgan fingerprint density at radius 1 is 1.17 bits per heavy atom. The summed E-state index contributed by atoms with van der Waals surface area (Å²) in [6, 6.07) is 0. The topological polar surface area (TPSA) is 54.0 Å². The summed E-state index contributed by atoms with van der Waals surface area (Å²) in [5.41, 5.74) is 0. The lowest BCUT2D eigenvalue weighted by Gasteiger charge is -2.03. The van der Waals surface area contributed by atoms with Gasteiger partial charge in [-0.25, -0.2) is 4.79 Å². The van der Waals surface area contributed by atoms with Crippen molar-refractivity contribution in [3.8, 4) is 0 Å². The summed E-state index contributed by atoms with van der Waals surface area (Å²) in [6.45, 7) is 5.02. The number of carbonyl (C=O) groups excluding carboxylic acids is 1. The molecule has 0 N–H and O–H groups in total. The molecule has 0 aliphatic carbocycles. The van der Waals surface area contributed by atoms with Crippen molar-refractivity contribution in [2.75, 3.05) is 26.4 Å². The highest BCUT2D eigenvalue weighted by molar-refractivity contribution is 5.58. The Labute approximate surface area is 71.5 Å². The van der Waals surface area contributed by atoms with Gasteiger partial charge in [0.05, 0.1) is 13.2 Å². The van der Waals surface area contributed by atoms with Crippen LogP contribution < -0.4 is 0 Å². The van der Waals surface area contributed by atoms with E-state index in [1.807, 2.05) is 6.92 Å².